The van der Waals surface area contributed by atoms with Gasteiger partial charge < -0.3 is 10.3 Å². The van der Waals surface area contributed by atoms with Gasteiger partial charge in [-0.1, -0.05) is 30.2 Å². The molecule has 4 rings (SSSR count). The van der Waals surface area contributed by atoms with Crippen LogP contribution in [0, 0.1) is 29.1 Å². The standard InChI is InChI=1S/C25H26ClF2N3O3/c26-19-6-3-5-15-10-20(31-23(15)19)22(33)11-16(8-17-12-25(17,27)28)24(34)30-18(13-29)9-14-4-1-2-7-21(14)32/h3,5-6,10,14,16-18,31H,1-2,4,7-9,11-12H2,(H,30,34). The molecule has 2 N–H and O–H groups in total. The average Bonchev–Trinajstić information content (AvgIpc) is 3.19. The number of hydrogen-bond acceptors (Lipinski definition) is 4. The Labute approximate surface area is 201 Å². The van der Waals surface area contributed by atoms with Crippen molar-refractivity contribution in [2.45, 2.75) is 63.3 Å². The molecule has 1 aromatic heterocycles. The molecule has 0 bridgehead atoms. The van der Waals surface area contributed by atoms with Crippen molar-refractivity contribution < 1.29 is 23.2 Å². The minimum atomic E-state index is -2.83. The van der Waals surface area contributed by atoms with Crippen LogP contribution in [-0.4, -0.2) is 34.4 Å². The first-order chi connectivity index (χ1) is 16.2. The Morgan fingerprint density at radius 3 is 2.71 bits per heavy atom. The molecular weight excluding hydrogens is 464 g/mol. The third kappa shape index (κ3) is 5.47. The third-order valence-corrected chi connectivity index (χ3v) is 7.22. The highest BCUT2D eigenvalue weighted by Crippen LogP contribution is 2.52. The van der Waals surface area contributed by atoms with E-state index in [0.717, 1.165) is 18.2 Å². The van der Waals surface area contributed by atoms with Gasteiger partial charge in [-0.2, -0.15) is 5.26 Å². The molecule has 1 amide bonds. The lowest BCUT2D eigenvalue weighted by Gasteiger charge is -2.24. The van der Waals surface area contributed by atoms with Crippen molar-refractivity contribution in [1.82, 2.24) is 10.3 Å². The number of fused-ring (bicyclic) bond motifs is 1. The smallest absolute Gasteiger partial charge is 0.251 e. The second kappa shape index (κ2) is 9.83. The number of carbonyl (C=O) groups is 3. The zero-order chi connectivity index (χ0) is 24.5. The summed E-state index contributed by atoms with van der Waals surface area (Å²) in [4.78, 5) is 41.1. The van der Waals surface area contributed by atoms with Crippen molar-refractivity contribution in [3.63, 3.8) is 0 Å². The number of carbonyl (C=O) groups excluding carboxylic acids is 3. The number of benzene rings is 1. The minimum absolute atomic E-state index is 0.0857. The molecule has 0 saturated heterocycles. The van der Waals surface area contributed by atoms with E-state index in [4.69, 9.17) is 11.6 Å². The lowest BCUT2D eigenvalue weighted by Crippen LogP contribution is -2.41. The summed E-state index contributed by atoms with van der Waals surface area (Å²) in [6, 6.07) is 7.93. The van der Waals surface area contributed by atoms with E-state index < -0.39 is 35.5 Å². The second-order valence-corrected chi connectivity index (χ2v) is 9.85. The lowest BCUT2D eigenvalue weighted by molar-refractivity contribution is -0.127. The number of halogens is 3. The molecule has 180 valence electrons. The fourth-order valence-electron chi connectivity index (χ4n) is 4.78. The number of alkyl halides is 2. The number of rotatable bonds is 9. The molecule has 9 heteroatoms. The van der Waals surface area contributed by atoms with Crippen LogP contribution in [0.3, 0.4) is 0 Å². The molecule has 0 spiro atoms. The summed E-state index contributed by atoms with van der Waals surface area (Å²) in [6.07, 6.45) is 2.33. The summed E-state index contributed by atoms with van der Waals surface area (Å²) in [5, 5.41) is 13.3. The largest absolute Gasteiger partial charge is 0.351 e. The molecule has 2 aromatic rings. The fraction of sp³-hybridized carbons (Fsp3) is 0.520. The minimum Gasteiger partial charge on any atom is -0.351 e. The maximum absolute atomic E-state index is 13.6. The van der Waals surface area contributed by atoms with Gasteiger partial charge in [-0.05, 0) is 37.8 Å². The maximum atomic E-state index is 13.6. The number of amides is 1. The highest BCUT2D eigenvalue weighted by molar-refractivity contribution is 6.35. The molecule has 0 aliphatic heterocycles. The van der Waals surface area contributed by atoms with Crippen LogP contribution in [0.5, 0.6) is 0 Å². The predicted octanol–water partition coefficient (Wildman–Crippen LogP) is 5.21. The summed E-state index contributed by atoms with van der Waals surface area (Å²) < 4.78 is 27.2. The number of aromatic nitrogens is 1. The van der Waals surface area contributed by atoms with Crippen LogP contribution >= 0.6 is 11.6 Å². The van der Waals surface area contributed by atoms with Crippen LogP contribution in [0.4, 0.5) is 8.78 Å². The number of H-pyrrole nitrogens is 1. The third-order valence-electron chi connectivity index (χ3n) is 6.91. The van der Waals surface area contributed by atoms with Crippen LogP contribution in [-0.2, 0) is 9.59 Å². The maximum Gasteiger partial charge on any atom is 0.251 e. The molecule has 34 heavy (non-hydrogen) atoms. The number of Topliss-reactive ketones (excluding diaryl/α,β-unsaturated/α-hetero) is 2. The first-order valence-electron chi connectivity index (χ1n) is 11.6. The van der Waals surface area contributed by atoms with Gasteiger partial charge in [0.2, 0.25) is 5.91 Å². The molecule has 2 aliphatic carbocycles. The molecular formula is C25H26ClF2N3O3. The Bertz CT molecular complexity index is 1160. The van der Waals surface area contributed by atoms with E-state index in [2.05, 4.69) is 10.3 Å². The molecule has 4 unspecified atom stereocenters. The number of nitriles is 1. The van der Waals surface area contributed by atoms with E-state index in [9.17, 15) is 28.4 Å². The van der Waals surface area contributed by atoms with E-state index in [0.29, 0.717) is 23.4 Å². The van der Waals surface area contributed by atoms with Crippen molar-refractivity contribution in [3.05, 3.63) is 35.0 Å². The average molecular weight is 490 g/mol. The molecule has 2 aliphatic rings. The highest BCUT2D eigenvalue weighted by atomic mass is 35.5. The van der Waals surface area contributed by atoms with Crippen LogP contribution < -0.4 is 5.32 Å². The Morgan fingerprint density at radius 2 is 2.06 bits per heavy atom. The van der Waals surface area contributed by atoms with Gasteiger partial charge in [-0.25, -0.2) is 8.78 Å². The zero-order valence-electron chi connectivity index (χ0n) is 18.6. The van der Waals surface area contributed by atoms with E-state index in [1.54, 1.807) is 24.3 Å². The van der Waals surface area contributed by atoms with E-state index >= 15 is 0 Å². The molecule has 6 nitrogen and oxygen atoms in total. The van der Waals surface area contributed by atoms with E-state index in [1.165, 1.54) is 0 Å². The summed E-state index contributed by atoms with van der Waals surface area (Å²) in [6.45, 7) is 0. The summed E-state index contributed by atoms with van der Waals surface area (Å²) in [5.41, 5.74) is 0.831. The van der Waals surface area contributed by atoms with Gasteiger partial charge in [0.25, 0.3) is 5.92 Å². The number of nitrogens with one attached hydrogen (secondary N) is 2. The number of aromatic amines is 1. The normalized spacial score (nSPS) is 23.2. The van der Waals surface area contributed by atoms with E-state index in [-0.39, 0.29) is 43.1 Å². The molecule has 4 atom stereocenters. The van der Waals surface area contributed by atoms with E-state index in [1.807, 2.05) is 6.07 Å². The van der Waals surface area contributed by atoms with Gasteiger partial charge in [0, 0.05) is 42.4 Å². The van der Waals surface area contributed by atoms with Crippen LogP contribution in [0.1, 0.15) is 61.9 Å². The SMILES string of the molecule is N#CC(CC1CCCCC1=O)NC(=O)C(CC(=O)c1cc2cccc(Cl)c2[nH]1)CC1CC1(F)F. The van der Waals surface area contributed by atoms with Gasteiger partial charge >= 0.3 is 0 Å². The van der Waals surface area contributed by atoms with Crippen molar-refractivity contribution in [3.8, 4) is 6.07 Å². The summed E-state index contributed by atoms with van der Waals surface area (Å²) in [5.74, 6) is -6.02. The summed E-state index contributed by atoms with van der Waals surface area (Å²) in [7, 11) is 0. The summed E-state index contributed by atoms with van der Waals surface area (Å²) >= 11 is 6.16. The van der Waals surface area contributed by atoms with Crippen molar-refractivity contribution in [1.29, 1.82) is 5.26 Å². The topological polar surface area (TPSA) is 103 Å². The zero-order valence-corrected chi connectivity index (χ0v) is 19.3. The first kappa shape index (κ1) is 24.3. The van der Waals surface area contributed by atoms with Gasteiger partial charge in [-0.3, -0.25) is 14.4 Å². The molecule has 0 radical (unpaired) electrons. The Balaban J connectivity index is 1.46. The van der Waals surface area contributed by atoms with Crippen molar-refractivity contribution in [2.75, 3.05) is 0 Å². The number of ketones is 2. The number of para-hydroxylation sites is 1. The van der Waals surface area contributed by atoms with Gasteiger partial charge in [-0.15, -0.1) is 0 Å². The Hall–Kier alpha value is -2.79. The van der Waals surface area contributed by atoms with Crippen molar-refractivity contribution >= 4 is 40.0 Å². The van der Waals surface area contributed by atoms with Crippen LogP contribution in [0.2, 0.25) is 5.02 Å². The second-order valence-electron chi connectivity index (χ2n) is 9.44. The van der Waals surface area contributed by atoms with Gasteiger partial charge in [0.1, 0.15) is 11.8 Å². The van der Waals surface area contributed by atoms with Gasteiger partial charge in [0.15, 0.2) is 5.78 Å². The molecule has 1 heterocycles. The fourth-order valence-corrected chi connectivity index (χ4v) is 5.01. The number of hydrogen-bond donors (Lipinski definition) is 2. The van der Waals surface area contributed by atoms with Crippen molar-refractivity contribution in [2.24, 2.45) is 17.8 Å². The highest BCUT2D eigenvalue weighted by Gasteiger charge is 2.57. The molecule has 2 fully saturated rings. The van der Waals surface area contributed by atoms with Crippen LogP contribution in [0.25, 0.3) is 10.9 Å². The van der Waals surface area contributed by atoms with Gasteiger partial charge in [0.05, 0.1) is 22.3 Å². The lowest BCUT2D eigenvalue weighted by atomic mass is 9.83. The molecule has 1 aromatic carbocycles. The quantitative estimate of drug-likeness (QED) is 0.472. The predicted molar refractivity (Wildman–Crippen MR) is 123 cm³/mol. The molecule has 2 saturated carbocycles. The number of nitrogens with zero attached hydrogens (tertiary/aromatic N) is 1. The monoisotopic (exact) mass is 489 g/mol. The first-order valence-corrected chi connectivity index (χ1v) is 12.0. The van der Waals surface area contributed by atoms with Crippen LogP contribution in [0.15, 0.2) is 24.3 Å². The Morgan fingerprint density at radius 1 is 1.29 bits per heavy atom. The Kier molecular flexibility index (Phi) is 7.04.